The van der Waals surface area contributed by atoms with Crippen LogP contribution in [-0.2, 0) is 11.3 Å². The molecule has 4 rings (SSSR count). The summed E-state index contributed by atoms with van der Waals surface area (Å²) >= 11 is 9.31. The van der Waals surface area contributed by atoms with E-state index in [1.54, 1.807) is 60.7 Å². The van der Waals surface area contributed by atoms with Gasteiger partial charge in [0.1, 0.15) is 12.8 Å². The molecule has 0 radical (unpaired) electrons. The third-order valence-corrected chi connectivity index (χ3v) is 7.70. The molecule has 31 heavy (non-hydrogen) atoms. The third-order valence-electron chi connectivity index (χ3n) is 5.08. The molecule has 1 aliphatic rings. The molecule has 0 saturated carbocycles. The number of thioether (sulfide) groups is 1. The van der Waals surface area contributed by atoms with Crippen LogP contribution in [0.25, 0.3) is 10.6 Å². The first-order valence-electron chi connectivity index (χ1n) is 9.74. The number of thiophene rings is 1. The Kier molecular flexibility index (Phi) is 6.14. The number of hydrogen-bond donors (Lipinski definition) is 1. The Morgan fingerprint density at radius 2 is 2.03 bits per heavy atom. The van der Waals surface area contributed by atoms with E-state index in [4.69, 9.17) is 16.4 Å². The Hall–Kier alpha value is -2.29. The lowest BCUT2D eigenvalue weighted by Crippen LogP contribution is -2.27. The Balaban J connectivity index is 1.68. The molecular weight excluding hydrogens is 452 g/mol. The van der Waals surface area contributed by atoms with Gasteiger partial charge in [-0.25, -0.2) is 4.79 Å². The zero-order valence-electron chi connectivity index (χ0n) is 17.7. The van der Waals surface area contributed by atoms with Gasteiger partial charge in [0.25, 0.3) is 0 Å². The highest BCUT2D eigenvalue weighted by atomic mass is 35.5. The number of nitrogens with zero attached hydrogens (tertiary/aromatic N) is 3. The zero-order valence-corrected chi connectivity index (χ0v) is 20.1. The van der Waals surface area contributed by atoms with E-state index in [-0.39, 0.29) is 11.4 Å². The van der Waals surface area contributed by atoms with E-state index in [1.165, 1.54) is 14.5 Å². The van der Waals surface area contributed by atoms with Gasteiger partial charge in [0.2, 0.25) is 0 Å². The second kappa shape index (κ2) is 8.68. The number of oxime groups is 1. The Morgan fingerprint density at radius 3 is 2.71 bits per heavy atom. The van der Waals surface area contributed by atoms with E-state index < -0.39 is 0 Å². The first-order valence-corrected chi connectivity index (χ1v) is 12.2. The fourth-order valence-electron chi connectivity index (χ4n) is 3.80. The summed E-state index contributed by atoms with van der Waals surface area (Å²) in [5.74, 6) is 0. The topological polar surface area (TPSA) is 68.5 Å². The molecular formula is C22H23ClN4O2S2. The Labute approximate surface area is 194 Å². The quantitative estimate of drug-likeness (QED) is 0.351. The van der Waals surface area contributed by atoms with Gasteiger partial charge in [0.15, 0.2) is 0 Å². The number of fused-ring (bicyclic) bond motifs is 1. The van der Waals surface area contributed by atoms with E-state index in [2.05, 4.69) is 35.7 Å². The molecule has 0 unspecified atom stereocenters. The lowest BCUT2D eigenvalue weighted by atomic mass is 9.74. The smallest absolute Gasteiger partial charge is 0.346 e. The minimum atomic E-state index is -0.328. The average Bonchev–Trinajstić information content (AvgIpc) is 3.34. The molecule has 1 N–H and O–H groups in total. The molecule has 0 bridgehead atoms. The van der Waals surface area contributed by atoms with Crippen LogP contribution in [0.15, 0.2) is 45.9 Å². The summed E-state index contributed by atoms with van der Waals surface area (Å²) in [6.45, 7) is 4.47. The van der Waals surface area contributed by atoms with Gasteiger partial charge < -0.3 is 10.2 Å². The summed E-state index contributed by atoms with van der Waals surface area (Å²) in [6, 6.07) is 8.52. The summed E-state index contributed by atoms with van der Waals surface area (Å²) in [4.78, 5) is 18.9. The fourth-order valence-corrected chi connectivity index (χ4v) is 5.99. The van der Waals surface area contributed by atoms with Crippen molar-refractivity contribution in [3.05, 3.63) is 52.7 Å². The molecule has 2 aromatic heterocycles. The molecule has 0 atom stereocenters. The fraction of sp³-hybridized carbons (Fsp3) is 0.318. The number of hydrogen-bond acceptors (Lipinski definition) is 6. The number of amides is 1. The molecule has 0 fully saturated rings. The normalized spacial score (nSPS) is 16.2. The van der Waals surface area contributed by atoms with Gasteiger partial charge in [-0.15, -0.1) is 23.1 Å². The van der Waals surface area contributed by atoms with Crippen molar-refractivity contribution in [1.82, 2.24) is 9.78 Å². The number of halogens is 1. The third kappa shape index (κ3) is 4.51. The number of anilines is 1. The lowest BCUT2D eigenvalue weighted by molar-refractivity contribution is 0.210. The van der Waals surface area contributed by atoms with Crippen molar-refractivity contribution in [3.63, 3.8) is 0 Å². The maximum absolute atomic E-state index is 12.7. The van der Waals surface area contributed by atoms with Crippen molar-refractivity contribution < 1.29 is 9.63 Å². The van der Waals surface area contributed by atoms with Crippen molar-refractivity contribution in [1.29, 1.82) is 0 Å². The van der Waals surface area contributed by atoms with Crippen LogP contribution in [0.5, 0.6) is 0 Å². The van der Waals surface area contributed by atoms with Gasteiger partial charge in [0.05, 0.1) is 14.8 Å². The number of aromatic nitrogens is 2. The van der Waals surface area contributed by atoms with Crippen LogP contribution in [-0.4, -0.2) is 34.9 Å². The molecule has 2 heterocycles. The molecule has 1 amide bonds. The molecule has 9 heteroatoms. The lowest BCUT2D eigenvalue weighted by Gasteiger charge is -2.31. The van der Waals surface area contributed by atoms with Crippen LogP contribution in [0.1, 0.15) is 31.4 Å². The van der Waals surface area contributed by atoms with Crippen LogP contribution >= 0.6 is 34.7 Å². The number of nitrogens with one attached hydrogen (secondary N) is 1. The van der Waals surface area contributed by atoms with E-state index in [1.807, 2.05) is 6.07 Å². The van der Waals surface area contributed by atoms with E-state index in [9.17, 15) is 4.79 Å². The Bertz CT molecular complexity index is 1150. The van der Waals surface area contributed by atoms with Crippen molar-refractivity contribution in [2.75, 3.05) is 18.7 Å². The predicted octanol–water partition coefficient (Wildman–Crippen LogP) is 6.39. The monoisotopic (exact) mass is 474 g/mol. The van der Waals surface area contributed by atoms with Crippen LogP contribution in [0.2, 0.25) is 5.02 Å². The number of carbonyl (C=O) groups is 1. The molecule has 1 aliphatic carbocycles. The van der Waals surface area contributed by atoms with Crippen molar-refractivity contribution in [2.24, 2.45) is 10.6 Å². The van der Waals surface area contributed by atoms with Gasteiger partial charge in [-0.2, -0.15) is 9.78 Å². The molecule has 3 aromatic rings. The maximum atomic E-state index is 12.7. The van der Waals surface area contributed by atoms with E-state index >= 15 is 0 Å². The number of rotatable bonds is 4. The van der Waals surface area contributed by atoms with Gasteiger partial charge in [-0.05, 0) is 60.4 Å². The van der Waals surface area contributed by atoms with Gasteiger partial charge in [-0.3, -0.25) is 0 Å². The predicted molar refractivity (Wildman–Crippen MR) is 129 cm³/mol. The summed E-state index contributed by atoms with van der Waals surface area (Å²) in [7, 11) is 1.58. The van der Waals surface area contributed by atoms with E-state index in [0.717, 1.165) is 34.7 Å². The van der Waals surface area contributed by atoms with Gasteiger partial charge in [-0.1, -0.05) is 30.6 Å². The molecule has 0 spiro atoms. The van der Waals surface area contributed by atoms with Crippen LogP contribution in [0.4, 0.5) is 10.5 Å². The highest BCUT2D eigenvalue weighted by Gasteiger charge is 2.36. The summed E-state index contributed by atoms with van der Waals surface area (Å²) in [5.41, 5.74) is 4.86. The van der Waals surface area contributed by atoms with Crippen molar-refractivity contribution >= 4 is 52.1 Å². The number of benzene rings is 1. The molecule has 1 aromatic carbocycles. The standard InChI is InChI=1S/C22H23ClN4O2S2/c1-22(2)11-15-18(17(12-22)26-29-3)20(30-4)31-19(15)16-9-10-27(25-16)21(28)24-14-7-5-13(23)6-8-14/h5-10H,11-12H2,1-4H3,(H,24,28). The van der Waals surface area contributed by atoms with Crippen molar-refractivity contribution in [3.8, 4) is 10.6 Å². The summed E-state index contributed by atoms with van der Waals surface area (Å²) < 4.78 is 2.52. The van der Waals surface area contributed by atoms with Crippen LogP contribution < -0.4 is 5.32 Å². The Morgan fingerprint density at radius 1 is 1.29 bits per heavy atom. The minimum Gasteiger partial charge on any atom is -0.399 e. The molecule has 162 valence electrons. The van der Waals surface area contributed by atoms with Crippen LogP contribution in [0, 0.1) is 5.41 Å². The SMILES string of the molecule is CON=C1CC(C)(C)Cc2c(-c3ccn(C(=O)Nc4ccc(Cl)cc4)n3)sc(SC)c21. The van der Waals surface area contributed by atoms with Crippen LogP contribution in [0.3, 0.4) is 0 Å². The summed E-state index contributed by atoms with van der Waals surface area (Å²) in [5, 5.41) is 12.4. The van der Waals surface area contributed by atoms with Gasteiger partial charge >= 0.3 is 6.03 Å². The zero-order chi connectivity index (χ0) is 22.2. The molecule has 0 saturated heterocycles. The minimum absolute atomic E-state index is 0.0599. The molecule has 6 nitrogen and oxygen atoms in total. The summed E-state index contributed by atoms with van der Waals surface area (Å²) in [6.07, 6.45) is 5.53. The second-order valence-electron chi connectivity index (χ2n) is 8.10. The average molecular weight is 475 g/mol. The maximum Gasteiger partial charge on any atom is 0.346 e. The van der Waals surface area contributed by atoms with E-state index in [0.29, 0.717) is 10.7 Å². The first-order chi connectivity index (χ1) is 14.8. The highest BCUT2D eigenvalue weighted by molar-refractivity contribution is 8.00. The first kappa shape index (κ1) is 21.9. The highest BCUT2D eigenvalue weighted by Crippen LogP contribution is 2.48. The van der Waals surface area contributed by atoms with Gasteiger partial charge in [0, 0.05) is 22.5 Å². The largest absolute Gasteiger partial charge is 0.399 e. The van der Waals surface area contributed by atoms with Crippen molar-refractivity contribution in [2.45, 2.75) is 30.9 Å². The number of carbonyl (C=O) groups excluding carboxylic acids is 1. The molecule has 0 aliphatic heterocycles. The second-order valence-corrected chi connectivity index (χ2v) is 10.6.